The van der Waals surface area contributed by atoms with Crippen LogP contribution < -0.4 is 9.47 Å². The van der Waals surface area contributed by atoms with Crippen LogP contribution in [0.15, 0.2) is 60.7 Å². The highest BCUT2D eigenvalue weighted by atomic mass is 16.6. The molecule has 1 N–H and O–H groups in total. The molecule has 0 aliphatic heterocycles. The number of hydrogen-bond donors (Lipinski definition) is 1. The van der Waals surface area contributed by atoms with E-state index in [0.717, 1.165) is 6.08 Å². The van der Waals surface area contributed by atoms with Crippen molar-refractivity contribution < 1.29 is 38.5 Å². The monoisotopic (exact) mass is 496 g/mol. The lowest BCUT2D eigenvalue weighted by Gasteiger charge is -2.32. The maximum absolute atomic E-state index is 12.8. The number of allylic oxidation sites excluding steroid dienone is 2. The minimum absolute atomic E-state index is 0.101. The number of esters is 3. The van der Waals surface area contributed by atoms with Gasteiger partial charge in [0.15, 0.2) is 0 Å². The Morgan fingerprint density at radius 1 is 0.972 bits per heavy atom. The molecule has 0 amide bonds. The Hall–Kier alpha value is -3.68. The van der Waals surface area contributed by atoms with Crippen LogP contribution in [-0.2, 0) is 23.9 Å². The molecule has 1 aromatic rings. The summed E-state index contributed by atoms with van der Waals surface area (Å²) in [4.78, 5) is 47.7. The number of carbonyl (C=O) groups is 4. The quantitative estimate of drug-likeness (QED) is 0.295. The zero-order valence-electron chi connectivity index (χ0n) is 20.6. The van der Waals surface area contributed by atoms with E-state index in [2.05, 4.69) is 6.58 Å². The van der Waals surface area contributed by atoms with Gasteiger partial charge in [-0.3, -0.25) is 9.59 Å². The van der Waals surface area contributed by atoms with Gasteiger partial charge < -0.3 is 19.3 Å². The van der Waals surface area contributed by atoms with E-state index in [-0.39, 0.29) is 35.3 Å². The lowest BCUT2D eigenvalue weighted by Crippen LogP contribution is -2.36. The van der Waals surface area contributed by atoms with Crippen LogP contribution in [0.2, 0.25) is 0 Å². The van der Waals surface area contributed by atoms with Crippen LogP contribution >= 0.6 is 0 Å². The first-order valence-electron chi connectivity index (χ1n) is 12.1. The minimum Gasteiger partial charge on any atom is -0.478 e. The molecule has 2 aliphatic carbocycles. The van der Waals surface area contributed by atoms with E-state index in [4.69, 9.17) is 19.3 Å². The summed E-state index contributed by atoms with van der Waals surface area (Å²) in [6.07, 6.45) is 9.53. The maximum Gasteiger partial charge on any atom is 0.335 e. The van der Waals surface area contributed by atoms with Crippen molar-refractivity contribution in [2.75, 3.05) is 0 Å². The van der Waals surface area contributed by atoms with Crippen molar-refractivity contribution in [2.24, 2.45) is 17.8 Å². The highest BCUT2D eigenvalue weighted by Crippen LogP contribution is 2.34. The maximum atomic E-state index is 12.8. The molecule has 3 rings (SSSR count). The Labute approximate surface area is 210 Å². The van der Waals surface area contributed by atoms with Crippen molar-refractivity contribution in [3.63, 3.8) is 0 Å². The van der Waals surface area contributed by atoms with Gasteiger partial charge in [-0.2, -0.15) is 0 Å². The van der Waals surface area contributed by atoms with E-state index in [1.165, 1.54) is 12.1 Å². The zero-order valence-corrected chi connectivity index (χ0v) is 20.6. The summed E-state index contributed by atoms with van der Waals surface area (Å²) in [7, 11) is 0. The van der Waals surface area contributed by atoms with Gasteiger partial charge in [-0.05, 0) is 82.6 Å². The van der Waals surface area contributed by atoms with Gasteiger partial charge >= 0.3 is 23.9 Å². The summed E-state index contributed by atoms with van der Waals surface area (Å²) in [5.41, 5.74) is -0.412. The third-order valence-electron chi connectivity index (χ3n) is 6.39. The van der Waals surface area contributed by atoms with Gasteiger partial charge in [0, 0.05) is 6.08 Å². The molecule has 1 saturated carbocycles. The molecule has 0 aromatic heterocycles. The van der Waals surface area contributed by atoms with E-state index in [9.17, 15) is 19.2 Å². The van der Waals surface area contributed by atoms with Gasteiger partial charge in [0.05, 0.1) is 17.4 Å². The van der Waals surface area contributed by atoms with Crippen molar-refractivity contribution in [3.8, 4) is 11.5 Å². The average Bonchev–Trinajstić information content (AvgIpc) is 2.85. The fraction of sp³-hybridized carbons (Fsp3) is 0.429. The lowest BCUT2D eigenvalue weighted by atomic mass is 9.81. The van der Waals surface area contributed by atoms with Crippen LogP contribution in [0.1, 0.15) is 52.4 Å². The Kier molecular flexibility index (Phi) is 8.85. The van der Waals surface area contributed by atoms with Crippen molar-refractivity contribution in [1.29, 1.82) is 0 Å². The Bertz CT molecular complexity index is 1060. The molecule has 1 fully saturated rings. The van der Waals surface area contributed by atoms with Gasteiger partial charge in [-0.15, -0.1) is 0 Å². The van der Waals surface area contributed by atoms with Gasteiger partial charge in [-0.1, -0.05) is 24.8 Å². The number of aliphatic carboxylic acids is 1. The van der Waals surface area contributed by atoms with E-state index < -0.39 is 17.5 Å². The number of carbonyl (C=O) groups excluding carboxylic acids is 3. The number of benzene rings is 1. The second-order valence-corrected chi connectivity index (χ2v) is 9.77. The molecule has 0 radical (unpaired) electrons. The molecular weight excluding hydrogens is 464 g/mol. The van der Waals surface area contributed by atoms with E-state index in [1.54, 1.807) is 24.3 Å². The van der Waals surface area contributed by atoms with E-state index in [1.807, 2.05) is 19.9 Å². The summed E-state index contributed by atoms with van der Waals surface area (Å²) in [5, 5.41) is 9.06. The van der Waals surface area contributed by atoms with Crippen LogP contribution in [-0.4, -0.2) is 34.6 Å². The van der Waals surface area contributed by atoms with Crippen LogP contribution in [0.3, 0.4) is 0 Å². The second kappa shape index (κ2) is 11.8. The normalized spacial score (nSPS) is 21.6. The summed E-state index contributed by atoms with van der Waals surface area (Å²) in [6.45, 7) is 7.06. The Morgan fingerprint density at radius 3 is 2.03 bits per heavy atom. The van der Waals surface area contributed by atoms with Crippen LogP contribution in [0.4, 0.5) is 0 Å². The van der Waals surface area contributed by atoms with Gasteiger partial charge in [-0.25, -0.2) is 9.59 Å². The summed E-state index contributed by atoms with van der Waals surface area (Å²) >= 11 is 0. The zero-order chi connectivity index (χ0) is 26.3. The van der Waals surface area contributed by atoms with Crippen molar-refractivity contribution in [1.82, 2.24) is 0 Å². The molecule has 192 valence electrons. The largest absolute Gasteiger partial charge is 0.478 e. The highest BCUT2D eigenvalue weighted by molar-refractivity contribution is 5.90. The average molecular weight is 497 g/mol. The van der Waals surface area contributed by atoms with Gasteiger partial charge in [0.25, 0.3) is 0 Å². The first-order valence-corrected chi connectivity index (χ1v) is 12.1. The predicted molar refractivity (Wildman–Crippen MR) is 131 cm³/mol. The Morgan fingerprint density at radius 2 is 1.53 bits per heavy atom. The molecule has 2 aliphatic rings. The molecule has 36 heavy (non-hydrogen) atoms. The first-order chi connectivity index (χ1) is 17.1. The van der Waals surface area contributed by atoms with E-state index in [0.29, 0.717) is 50.0 Å². The third kappa shape index (κ3) is 7.66. The molecule has 1 atom stereocenters. The first kappa shape index (κ1) is 26.9. The number of rotatable bonds is 9. The van der Waals surface area contributed by atoms with Crippen LogP contribution in [0.5, 0.6) is 11.5 Å². The predicted octanol–water partition coefficient (Wildman–Crippen LogP) is 4.79. The number of hydrogen-bond acceptors (Lipinski definition) is 7. The summed E-state index contributed by atoms with van der Waals surface area (Å²) in [5.74, 6) is -1.93. The SMILES string of the molecule is C=CC(=O)Oc1ccc(OC(=O)C2CCC(C(=O)OC(C)(C)CC3C=CC(C(=O)O)=CC3)CC2)cc1. The number of carboxylic acids is 1. The molecular formula is C28H32O8. The highest BCUT2D eigenvalue weighted by Gasteiger charge is 2.35. The molecule has 8 nitrogen and oxygen atoms in total. The third-order valence-corrected chi connectivity index (χ3v) is 6.39. The topological polar surface area (TPSA) is 116 Å². The molecule has 0 bridgehead atoms. The molecule has 0 heterocycles. The number of ether oxygens (including phenoxy) is 3. The van der Waals surface area contributed by atoms with Crippen molar-refractivity contribution in [2.45, 2.75) is 58.0 Å². The standard InChI is InChI=1S/C28H32O8/c1-4-24(29)34-22-13-15-23(16-14-22)35-26(32)20-9-11-21(12-10-20)27(33)36-28(2,3)17-18-5-7-19(8-6-18)25(30)31/h4-5,7-8,13-16,18,20-21H,1,6,9-12,17H2,2-3H3,(H,30,31). The fourth-order valence-corrected chi connectivity index (χ4v) is 4.50. The van der Waals surface area contributed by atoms with Gasteiger partial charge in [0.1, 0.15) is 17.1 Å². The lowest BCUT2D eigenvalue weighted by molar-refractivity contribution is -0.165. The minimum atomic E-state index is -0.945. The smallest absolute Gasteiger partial charge is 0.335 e. The molecule has 1 aromatic carbocycles. The van der Waals surface area contributed by atoms with E-state index >= 15 is 0 Å². The van der Waals surface area contributed by atoms with Crippen LogP contribution in [0.25, 0.3) is 0 Å². The molecule has 1 unspecified atom stereocenters. The summed E-state index contributed by atoms with van der Waals surface area (Å²) < 4.78 is 16.3. The van der Waals surface area contributed by atoms with Crippen LogP contribution in [0, 0.1) is 17.8 Å². The Balaban J connectivity index is 1.43. The molecule has 8 heteroatoms. The van der Waals surface area contributed by atoms with Crippen molar-refractivity contribution in [3.05, 3.63) is 60.7 Å². The fourth-order valence-electron chi connectivity index (χ4n) is 4.50. The summed E-state index contributed by atoms with van der Waals surface area (Å²) in [6, 6.07) is 6.16. The second-order valence-electron chi connectivity index (χ2n) is 9.77. The molecule has 0 saturated heterocycles. The van der Waals surface area contributed by atoms with Gasteiger partial charge in [0.2, 0.25) is 0 Å². The van der Waals surface area contributed by atoms with Crippen molar-refractivity contribution >= 4 is 23.9 Å². The number of carboxylic acid groups (broad SMARTS) is 1. The molecule has 0 spiro atoms.